The number of halogens is 2. The molecule has 2 fully saturated rings. The Hall–Kier alpha value is -5.86. The summed E-state index contributed by atoms with van der Waals surface area (Å²) in [6.07, 6.45) is 4.73. The molecule has 2 heterocycles. The van der Waals surface area contributed by atoms with Gasteiger partial charge in [-0.15, -0.1) is 0 Å². The number of nitrogens with zero attached hydrogens (tertiary/aromatic N) is 2. The Balaban J connectivity index is 0.000000219. The predicted molar refractivity (Wildman–Crippen MR) is 307 cm³/mol. The quantitative estimate of drug-likeness (QED) is 0.0441. The van der Waals surface area contributed by atoms with Crippen molar-refractivity contribution < 1.29 is 19.2 Å². The molecule has 0 aromatic heterocycles. The summed E-state index contributed by atoms with van der Waals surface area (Å²) in [7, 11) is 0. The Bertz CT molecular complexity index is 2820. The van der Waals surface area contributed by atoms with E-state index < -0.39 is 0 Å². The molecular weight excluding hydrogens is 980 g/mol. The summed E-state index contributed by atoms with van der Waals surface area (Å²) in [6, 6.07) is 43.0. The van der Waals surface area contributed by atoms with Crippen molar-refractivity contribution in [1.82, 2.24) is 36.4 Å². The molecule has 2 saturated heterocycles. The van der Waals surface area contributed by atoms with Gasteiger partial charge in [-0.3, -0.25) is 19.2 Å². The summed E-state index contributed by atoms with van der Waals surface area (Å²) in [5, 5.41) is 21.9. The summed E-state index contributed by atoms with van der Waals surface area (Å²) in [4.78, 5) is 57.0. The highest BCUT2D eigenvalue weighted by molar-refractivity contribution is 6.31. The first kappa shape index (κ1) is 56.9. The molecule has 398 valence electrons. The van der Waals surface area contributed by atoms with Crippen molar-refractivity contribution in [3.63, 3.8) is 0 Å². The van der Waals surface area contributed by atoms with Crippen LogP contribution in [0.4, 0.5) is 0 Å². The number of fused-ring (bicyclic) bond motifs is 2. The second-order valence-corrected chi connectivity index (χ2v) is 21.2. The second-order valence-electron chi connectivity index (χ2n) is 20.3. The first-order chi connectivity index (χ1) is 36.3. The van der Waals surface area contributed by atoms with Gasteiger partial charge in [0.15, 0.2) is 0 Å². The average Bonchev–Trinajstić information content (AvgIpc) is 3.67. The number of hydrogen-bond acceptors (Lipinski definition) is 8. The molecule has 0 saturated carbocycles. The number of nitrogens with two attached hydrogens (primary N) is 1. The minimum atomic E-state index is -0.349. The van der Waals surface area contributed by atoms with E-state index in [0.29, 0.717) is 91.8 Å². The van der Waals surface area contributed by atoms with Gasteiger partial charge in [0.05, 0.1) is 12.1 Å². The van der Waals surface area contributed by atoms with Crippen LogP contribution >= 0.6 is 23.2 Å². The third kappa shape index (κ3) is 16.3. The van der Waals surface area contributed by atoms with E-state index in [9.17, 15) is 19.2 Å². The zero-order valence-electron chi connectivity index (χ0n) is 44.0. The van der Waals surface area contributed by atoms with Crippen molar-refractivity contribution in [2.24, 2.45) is 5.73 Å². The van der Waals surface area contributed by atoms with Gasteiger partial charge in [-0.1, -0.05) is 136 Å². The fraction of sp³-hybridized carbons (Fsp3) is 0.410. The number of benzene rings is 6. The van der Waals surface area contributed by atoms with Crippen molar-refractivity contribution in [2.45, 2.75) is 108 Å². The number of nitrogens with one attached hydrogen (secondary N) is 5. The predicted octanol–water partition coefficient (Wildman–Crippen LogP) is 9.69. The molecule has 4 amide bonds. The lowest BCUT2D eigenvalue weighted by Gasteiger charge is -2.29. The zero-order valence-corrected chi connectivity index (χ0v) is 45.5. The Kier molecular flexibility index (Phi) is 21.5. The van der Waals surface area contributed by atoms with E-state index in [2.05, 4.69) is 90.7 Å². The third-order valence-electron chi connectivity index (χ3n) is 14.6. The molecule has 0 unspecified atom stereocenters. The Morgan fingerprint density at radius 3 is 1.43 bits per heavy atom. The summed E-state index contributed by atoms with van der Waals surface area (Å²) in [6.45, 7) is 13.3. The average molecular weight is 1060 g/mol. The molecule has 0 bridgehead atoms. The highest BCUT2D eigenvalue weighted by atomic mass is 35.5. The Morgan fingerprint density at radius 1 is 0.600 bits per heavy atom. The van der Waals surface area contributed by atoms with E-state index in [1.807, 2.05) is 107 Å². The highest BCUT2D eigenvalue weighted by Gasteiger charge is 2.33. The molecule has 2 aliphatic heterocycles. The minimum Gasteiger partial charge on any atom is -0.350 e. The van der Waals surface area contributed by atoms with Crippen LogP contribution in [0, 0.1) is 0 Å². The molecular formula is C61H76Cl2N8O4. The van der Waals surface area contributed by atoms with Gasteiger partial charge in [0, 0.05) is 90.4 Å². The van der Waals surface area contributed by atoms with E-state index in [1.54, 1.807) is 0 Å². The van der Waals surface area contributed by atoms with Crippen LogP contribution in [0.2, 0.25) is 10.0 Å². The molecule has 2 aliphatic rings. The van der Waals surface area contributed by atoms with Gasteiger partial charge in [-0.25, -0.2) is 0 Å². The van der Waals surface area contributed by atoms with Crippen molar-refractivity contribution in [2.75, 3.05) is 52.4 Å². The zero-order chi connectivity index (χ0) is 53.3. The van der Waals surface area contributed by atoms with Crippen LogP contribution in [-0.4, -0.2) is 116 Å². The van der Waals surface area contributed by atoms with E-state index in [1.165, 1.54) is 11.1 Å². The van der Waals surface area contributed by atoms with Crippen molar-refractivity contribution in [1.29, 1.82) is 0 Å². The second kappa shape index (κ2) is 28.3. The summed E-state index contributed by atoms with van der Waals surface area (Å²) >= 11 is 12.2. The van der Waals surface area contributed by atoms with E-state index in [-0.39, 0.29) is 53.7 Å². The van der Waals surface area contributed by atoms with Gasteiger partial charge in [0.1, 0.15) is 0 Å². The third-order valence-corrected chi connectivity index (χ3v) is 15.1. The minimum absolute atomic E-state index is 0.00279. The van der Waals surface area contributed by atoms with Crippen LogP contribution in [0.15, 0.2) is 133 Å². The fourth-order valence-electron chi connectivity index (χ4n) is 10.2. The van der Waals surface area contributed by atoms with Crippen LogP contribution in [-0.2, 0) is 9.59 Å². The van der Waals surface area contributed by atoms with Crippen LogP contribution < -0.4 is 32.3 Å². The molecule has 6 atom stereocenters. The van der Waals surface area contributed by atoms with Gasteiger partial charge in [-0.05, 0) is 133 Å². The highest BCUT2D eigenvalue weighted by Crippen LogP contribution is 2.26. The maximum atomic E-state index is 13.7. The maximum absolute atomic E-state index is 13.7. The van der Waals surface area contributed by atoms with Crippen molar-refractivity contribution in [3.8, 4) is 0 Å². The van der Waals surface area contributed by atoms with E-state index >= 15 is 0 Å². The van der Waals surface area contributed by atoms with Gasteiger partial charge < -0.3 is 42.1 Å². The molecule has 14 heteroatoms. The molecule has 8 rings (SSSR count). The number of amides is 4. The SMILES string of the molecule is CC[C@H](CN1CC[C@@H](CNC(=O)c2ccc3cc(Cl)ccc3c2)N[C@@H](CCN)C1=O)c1ccccc1.CC[C@H](CN1CC[C@@H](CNC(=O)c2ccc3cc(Cl)ccc3c2)N[C@@H](CCNC(C)C)C1=O)c1ccccc1. The van der Waals surface area contributed by atoms with E-state index in [0.717, 1.165) is 53.8 Å². The molecule has 6 aromatic carbocycles. The summed E-state index contributed by atoms with van der Waals surface area (Å²) < 4.78 is 0. The number of carbonyl (C=O) groups excluding carboxylic acids is 4. The lowest BCUT2D eigenvalue weighted by atomic mass is 9.95. The largest absolute Gasteiger partial charge is 0.350 e. The first-order valence-electron chi connectivity index (χ1n) is 26.9. The van der Waals surface area contributed by atoms with Gasteiger partial charge in [0.25, 0.3) is 11.8 Å². The number of rotatable bonds is 20. The maximum Gasteiger partial charge on any atom is 0.251 e. The number of hydrogen-bond donors (Lipinski definition) is 6. The summed E-state index contributed by atoms with van der Waals surface area (Å²) in [5.74, 6) is 0.575. The van der Waals surface area contributed by atoms with Gasteiger partial charge in [-0.2, -0.15) is 0 Å². The van der Waals surface area contributed by atoms with E-state index in [4.69, 9.17) is 28.9 Å². The molecule has 0 spiro atoms. The smallest absolute Gasteiger partial charge is 0.251 e. The normalized spacial score (nSPS) is 19.0. The topological polar surface area (TPSA) is 161 Å². The Morgan fingerprint density at radius 2 is 1.01 bits per heavy atom. The van der Waals surface area contributed by atoms with Crippen LogP contribution in [0.25, 0.3) is 21.5 Å². The molecule has 6 aromatic rings. The molecule has 0 aliphatic carbocycles. The lowest BCUT2D eigenvalue weighted by molar-refractivity contribution is -0.133. The summed E-state index contributed by atoms with van der Waals surface area (Å²) in [5.41, 5.74) is 9.58. The van der Waals surface area contributed by atoms with Gasteiger partial charge >= 0.3 is 0 Å². The van der Waals surface area contributed by atoms with Crippen molar-refractivity contribution in [3.05, 3.63) is 166 Å². The molecule has 75 heavy (non-hydrogen) atoms. The standard InChI is InChI=1S/C32H41ClN4O2.C29H35ClN4O2/c1-4-23(24-8-6-5-7-9-24)21-37-17-15-29(36-30(32(37)39)14-16-34-22(2)3)20-35-31(38)27-11-10-26-19-28(33)13-12-25(26)18-27;1-2-20(21-6-4-3-5-7-21)19-34-15-13-26(33-27(12-14-31)29(34)36)18-32-28(35)24-9-8-23-17-25(30)11-10-22(23)16-24/h5-13,18-19,22-23,29-30,34,36H,4,14-17,20-21H2,1-3H3,(H,35,38);3-11,16-17,20,26-27,33H,2,12-15,18-19,31H2,1H3,(H,32,35)/t23-,29+,30+;20-,26+,27+/m11/s1. The van der Waals surface area contributed by atoms with Crippen LogP contribution in [0.1, 0.15) is 110 Å². The number of carbonyl (C=O) groups is 4. The Labute approximate surface area is 453 Å². The first-order valence-corrected chi connectivity index (χ1v) is 27.7. The van der Waals surface area contributed by atoms with Crippen LogP contribution in [0.3, 0.4) is 0 Å². The van der Waals surface area contributed by atoms with Gasteiger partial charge in [0.2, 0.25) is 11.8 Å². The monoisotopic (exact) mass is 1050 g/mol. The van der Waals surface area contributed by atoms with Crippen molar-refractivity contribution >= 4 is 68.4 Å². The molecule has 7 N–H and O–H groups in total. The lowest BCUT2D eigenvalue weighted by Crippen LogP contribution is -2.50. The molecule has 0 radical (unpaired) electrons. The van der Waals surface area contributed by atoms with Crippen LogP contribution in [0.5, 0.6) is 0 Å². The molecule has 12 nitrogen and oxygen atoms in total. The fourth-order valence-corrected chi connectivity index (χ4v) is 10.6.